The Morgan fingerprint density at radius 3 is 2.33 bits per heavy atom. The zero-order valence-corrected chi connectivity index (χ0v) is 22.9. The van der Waals surface area contributed by atoms with Gasteiger partial charge in [0, 0.05) is 30.6 Å². The van der Waals surface area contributed by atoms with Crippen molar-refractivity contribution in [1.82, 2.24) is 14.3 Å². The molecule has 0 fully saturated rings. The minimum atomic E-state index is -3.82. The number of aromatic nitrogens is 2. The maximum absolute atomic E-state index is 13.2. The maximum Gasteiger partial charge on any atom is 0.408 e. The number of carbonyl (C=O) groups excluding carboxylic acids is 2. The fourth-order valence-electron chi connectivity index (χ4n) is 3.93. The number of pyridine rings is 1. The van der Waals surface area contributed by atoms with Crippen LogP contribution in [0.2, 0.25) is 0 Å². The average Bonchev–Trinajstić information content (AvgIpc) is 3.34. The molecule has 2 N–H and O–H groups in total. The van der Waals surface area contributed by atoms with E-state index in [-0.39, 0.29) is 11.5 Å². The SMILES string of the molecule is COC[C@H](NC(=O)OC(C)(C)C)C(=O)Nc1ccc(-c2ccnc3c2ccn3S(=O)(=O)c2ccccc2)cc1. The molecule has 2 amide bonds. The summed E-state index contributed by atoms with van der Waals surface area (Å²) >= 11 is 0. The lowest BCUT2D eigenvalue weighted by atomic mass is 10.0. The van der Waals surface area contributed by atoms with Gasteiger partial charge in [-0.05, 0) is 68.3 Å². The van der Waals surface area contributed by atoms with E-state index in [2.05, 4.69) is 15.6 Å². The molecule has 11 heteroatoms. The lowest BCUT2D eigenvalue weighted by Crippen LogP contribution is -2.48. The summed E-state index contributed by atoms with van der Waals surface area (Å²) in [5.74, 6) is -0.468. The maximum atomic E-state index is 13.2. The number of hydrogen-bond donors (Lipinski definition) is 2. The third kappa shape index (κ3) is 6.44. The van der Waals surface area contributed by atoms with Gasteiger partial charge >= 0.3 is 6.09 Å². The van der Waals surface area contributed by atoms with E-state index in [0.29, 0.717) is 16.7 Å². The lowest BCUT2D eigenvalue weighted by Gasteiger charge is -2.23. The predicted molar refractivity (Wildman–Crippen MR) is 148 cm³/mol. The van der Waals surface area contributed by atoms with Crippen LogP contribution in [0, 0.1) is 0 Å². The van der Waals surface area contributed by atoms with E-state index in [0.717, 1.165) is 11.1 Å². The number of fused-ring (bicyclic) bond motifs is 1. The molecule has 4 aromatic rings. The summed E-state index contributed by atoms with van der Waals surface area (Å²) < 4.78 is 37.8. The van der Waals surface area contributed by atoms with Crippen molar-refractivity contribution in [1.29, 1.82) is 0 Å². The van der Waals surface area contributed by atoms with Gasteiger partial charge in [0.15, 0.2) is 5.65 Å². The molecule has 0 saturated carbocycles. The van der Waals surface area contributed by atoms with Crippen LogP contribution in [0.1, 0.15) is 20.8 Å². The van der Waals surface area contributed by atoms with Gasteiger partial charge in [-0.15, -0.1) is 0 Å². The summed E-state index contributed by atoms with van der Waals surface area (Å²) in [6.07, 6.45) is 2.33. The van der Waals surface area contributed by atoms with E-state index in [1.807, 2.05) is 0 Å². The van der Waals surface area contributed by atoms with Crippen LogP contribution in [-0.4, -0.2) is 54.7 Å². The Labute approximate surface area is 227 Å². The molecule has 0 bridgehead atoms. The first kappa shape index (κ1) is 27.8. The topological polar surface area (TPSA) is 129 Å². The Morgan fingerprint density at radius 2 is 1.69 bits per heavy atom. The molecule has 39 heavy (non-hydrogen) atoms. The van der Waals surface area contributed by atoms with E-state index in [1.54, 1.807) is 81.6 Å². The van der Waals surface area contributed by atoms with Crippen molar-refractivity contribution in [2.75, 3.05) is 19.0 Å². The molecule has 0 aliphatic carbocycles. The lowest BCUT2D eigenvalue weighted by molar-refractivity contribution is -0.119. The molecule has 0 saturated heterocycles. The van der Waals surface area contributed by atoms with E-state index in [1.165, 1.54) is 29.4 Å². The molecule has 4 rings (SSSR count). The highest BCUT2D eigenvalue weighted by molar-refractivity contribution is 7.90. The summed E-state index contributed by atoms with van der Waals surface area (Å²) in [6, 6.07) is 17.8. The molecule has 2 aromatic heterocycles. The third-order valence-electron chi connectivity index (χ3n) is 5.66. The quantitative estimate of drug-likeness (QED) is 0.332. The van der Waals surface area contributed by atoms with Crippen LogP contribution in [-0.2, 0) is 24.3 Å². The van der Waals surface area contributed by atoms with Gasteiger partial charge in [-0.3, -0.25) is 4.79 Å². The largest absolute Gasteiger partial charge is 0.444 e. The van der Waals surface area contributed by atoms with E-state index < -0.39 is 33.7 Å². The van der Waals surface area contributed by atoms with Crippen LogP contribution < -0.4 is 10.6 Å². The van der Waals surface area contributed by atoms with Gasteiger partial charge in [0.25, 0.3) is 10.0 Å². The highest BCUT2D eigenvalue weighted by atomic mass is 32.2. The number of nitrogens with zero attached hydrogens (tertiary/aromatic N) is 2. The molecule has 2 aromatic carbocycles. The van der Waals surface area contributed by atoms with Crippen molar-refractivity contribution in [3.05, 3.63) is 79.1 Å². The minimum Gasteiger partial charge on any atom is -0.444 e. The number of ether oxygens (including phenoxy) is 2. The van der Waals surface area contributed by atoms with Gasteiger partial charge in [-0.25, -0.2) is 22.2 Å². The average molecular weight is 551 g/mol. The number of rotatable bonds is 8. The summed E-state index contributed by atoms with van der Waals surface area (Å²) in [7, 11) is -2.39. The molecular weight excluding hydrogens is 520 g/mol. The second-order valence-electron chi connectivity index (χ2n) is 9.75. The number of alkyl carbamates (subject to hydrolysis) is 1. The summed E-state index contributed by atoms with van der Waals surface area (Å²) in [6.45, 7) is 5.15. The zero-order chi connectivity index (χ0) is 28.2. The molecular formula is C28H30N4O6S. The summed E-state index contributed by atoms with van der Waals surface area (Å²) in [5.41, 5.74) is 1.69. The van der Waals surface area contributed by atoms with Gasteiger partial charge in [0.05, 0.1) is 11.5 Å². The fourth-order valence-corrected chi connectivity index (χ4v) is 5.25. The van der Waals surface area contributed by atoms with E-state index in [4.69, 9.17) is 9.47 Å². The monoisotopic (exact) mass is 550 g/mol. The number of amides is 2. The van der Waals surface area contributed by atoms with Gasteiger partial charge in [0.1, 0.15) is 11.6 Å². The van der Waals surface area contributed by atoms with Crippen LogP contribution in [0.3, 0.4) is 0 Å². The minimum absolute atomic E-state index is 0.0406. The van der Waals surface area contributed by atoms with Gasteiger partial charge in [-0.2, -0.15) is 0 Å². The van der Waals surface area contributed by atoms with E-state index >= 15 is 0 Å². The molecule has 0 aliphatic rings. The second kappa shape index (κ2) is 11.3. The number of hydrogen-bond acceptors (Lipinski definition) is 7. The molecule has 0 unspecified atom stereocenters. The fraction of sp³-hybridized carbons (Fsp3) is 0.250. The van der Waals surface area contributed by atoms with Crippen molar-refractivity contribution in [3.8, 4) is 11.1 Å². The summed E-state index contributed by atoms with van der Waals surface area (Å²) in [4.78, 5) is 29.5. The second-order valence-corrected chi connectivity index (χ2v) is 11.6. The van der Waals surface area contributed by atoms with Crippen molar-refractivity contribution in [2.24, 2.45) is 0 Å². The molecule has 2 heterocycles. The number of nitrogens with one attached hydrogen (secondary N) is 2. The number of methoxy groups -OCH3 is 1. The van der Waals surface area contributed by atoms with Crippen molar-refractivity contribution >= 4 is 38.7 Å². The Balaban J connectivity index is 1.54. The molecule has 0 spiro atoms. The van der Waals surface area contributed by atoms with Crippen LogP contribution in [0.25, 0.3) is 22.2 Å². The highest BCUT2D eigenvalue weighted by Crippen LogP contribution is 2.30. The normalized spacial score (nSPS) is 12.6. The Bertz CT molecular complexity index is 1580. The van der Waals surface area contributed by atoms with Crippen LogP contribution >= 0.6 is 0 Å². The first-order valence-corrected chi connectivity index (χ1v) is 13.6. The first-order chi connectivity index (χ1) is 18.5. The summed E-state index contributed by atoms with van der Waals surface area (Å²) in [5, 5.41) is 5.95. The molecule has 10 nitrogen and oxygen atoms in total. The van der Waals surface area contributed by atoms with Gasteiger partial charge in [0.2, 0.25) is 5.91 Å². The standard InChI is InChI=1S/C28H30N4O6S/c1-28(2,3)38-27(34)31-24(18-37-4)26(33)30-20-12-10-19(11-13-20)22-14-16-29-25-23(22)15-17-32(25)39(35,36)21-8-6-5-7-9-21/h5-17,24H,18H2,1-4H3,(H,30,33)(H,31,34)/t24-/m0/s1. The van der Waals surface area contributed by atoms with Gasteiger partial charge < -0.3 is 20.1 Å². The predicted octanol–water partition coefficient (Wildman–Crippen LogP) is 4.42. The van der Waals surface area contributed by atoms with Crippen molar-refractivity contribution in [3.63, 3.8) is 0 Å². The first-order valence-electron chi connectivity index (χ1n) is 12.2. The Kier molecular flexibility index (Phi) is 8.03. The van der Waals surface area contributed by atoms with Crippen LogP contribution in [0.4, 0.5) is 10.5 Å². The van der Waals surface area contributed by atoms with Crippen molar-refractivity contribution in [2.45, 2.75) is 37.3 Å². The van der Waals surface area contributed by atoms with Gasteiger partial charge in [-0.1, -0.05) is 30.3 Å². The van der Waals surface area contributed by atoms with Crippen molar-refractivity contribution < 1.29 is 27.5 Å². The zero-order valence-electron chi connectivity index (χ0n) is 22.0. The smallest absolute Gasteiger partial charge is 0.408 e. The van der Waals surface area contributed by atoms with E-state index in [9.17, 15) is 18.0 Å². The Morgan fingerprint density at radius 1 is 1.00 bits per heavy atom. The van der Waals surface area contributed by atoms with Crippen LogP contribution in [0.5, 0.6) is 0 Å². The molecule has 0 radical (unpaired) electrons. The number of benzene rings is 2. The molecule has 1 atom stereocenters. The molecule has 204 valence electrons. The highest BCUT2D eigenvalue weighted by Gasteiger charge is 2.25. The number of carbonyl (C=O) groups is 2. The number of anilines is 1. The third-order valence-corrected chi connectivity index (χ3v) is 7.34. The van der Waals surface area contributed by atoms with Crippen LogP contribution in [0.15, 0.2) is 84.0 Å². The molecule has 0 aliphatic heterocycles. The Hall–Kier alpha value is -4.22.